The predicted octanol–water partition coefficient (Wildman–Crippen LogP) is 7.19. The van der Waals surface area contributed by atoms with Crippen molar-refractivity contribution in [3.8, 4) is 22.9 Å². The van der Waals surface area contributed by atoms with E-state index in [9.17, 15) is 0 Å². The number of anilines is 1. The van der Waals surface area contributed by atoms with Crippen molar-refractivity contribution in [1.82, 2.24) is 15.2 Å². The number of fused-ring (bicyclic) bond motifs is 4. The van der Waals surface area contributed by atoms with Gasteiger partial charge in [-0.1, -0.05) is 90.1 Å². The molecule has 0 spiro atoms. The Labute approximate surface area is 220 Å². The zero-order valence-corrected chi connectivity index (χ0v) is 21.5. The minimum Gasteiger partial charge on any atom is -0.493 e. The predicted molar refractivity (Wildman–Crippen MR) is 148 cm³/mol. The van der Waals surface area contributed by atoms with Crippen molar-refractivity contribution >= 4 is 28.2 Å². The number of hydrogen-bond acceptors (Lipinski definition) is 7. The van der Waals surface area contributed by atoms with Crippen molar-refractivity contribution in [2.24, 2.45) is 0 Å². The van der Waals surface area contributed by atoms with Crippen molar-refractivity contribution < 1.29 is 9.47 Å². The van der Waals surface area contributed by atoms with Crippen LogP contribution in [0.25, 0.3) is 22.0 Å². The third kappa shape index (κ3) is 4.70. The number of benzene rings is 4. The van der Waals surface area contributed by atoms with E-state index in [1.807, 2.05) is 49.4 Å². The number of rotatable bonds is 6. The molecule has 5 aromatic rings. The molecule has 7 heteroatoms. The highest BCUT2D eigenvalue weighted by molar-refractivity contribution is 7.98. The molecule has 0 amide bonds. The minimum atomic E-state index is -0.540. The SMILES string of the molecule is CCOc1ccc2ccccc2c1[C@@H]1Nc2ccccc2-c2nnc(SCc3ccc(C)cc3)nc2O1. The molecule has 184 valence electrons. The van der Waals surface area contributed by atoms with Gasteiger partial charge in [0, 0.05) is 17.0 Å². The molecule has 6 rings (SSSR count). The first-order chi connectivity index (χ1) is 18.2. The van der Waals surface area contributed by atoms with Gasteiger partial charge in [0.15, 0.2) is 5.69 Å². The molecule has 0 aliphatic carbocycles. The van der Waals surface area contributed by atoms with Crippen molar-refractivity contribution in [3.63, 3.8) is 0 Å². The molecule has 1 aliphatic rings. The third-order valence-electron chi connectivity index (χ3n) is 6.31. The van der Waals surface area contributed by atoms with Gasteiger partial charge in [0.05, 0.1) is 12.2 Å². The Morgan fingerprint density at radius 1 is 0.919 bits per heavy atom. The van der Waals surface area contributed by atoms with Gasteiger partial charge in [-0.25, -0.2) is 0 Å². The summed E-state index contributed by atoms with van der Waals surface area (Å²) < 4.78 is 12.7. The first-order valence-electron chi connectivity index (χ1n) is 12.3. The van der Waals surface area contributed by atoms with Gasteiger partial charge in [-0.3, -0.25) is 0 Å². The second-order valence-corrected chi connectivity index (χ2v) is 9.78. The quantitative estimate of drug-likeness (QED) is 0.244. The first kappa shape index (κ1) is 23.3. The zero-order chi connectivity index (χ0) is 25.2. The van der Waals surface area contributed by atoms with Crippen LogP contribution in [0.15, 0.2) is 90.1 Å². The van der Waals surface area contributed by atoms with E-state index >= 15 is 0 Å². The summed E-state index contributed by atoms with van der Waals surface area (Å²) in [6, 6.07) is 28.8. The second-order valence-electron chi connectivity index (χ2n) is 8.84. The summed E-state index contributed by atoms with van der Waals surface area (Å²) in [6.07, 6.45) is -0.540. The van der Waals surface area contributed by atoms with Crippen LogP contribution in [0.4, 0.5) is 5.69 Å². The van der Waals surface area contributed by atoms with Crippen LogP contribution in [0, 0.1) is 6.92 Å². The number of hydrogen-bond donors (Lipinski definition) is 1. The molecule has 37 heavy (non-hydrogen) atoms. The number of ether oxygens (including phenoxy) is 2. The molecule has 0 unspecified atom stereocenters. The van der Waals surface area contributed by atoms with Gasteiger partial charge in [-0.05, 0) is 42.3 Å². The summed E-state index contributed by atoms with van der Waals surface area (Å²) in [5.41, 5.74) is 5.78. The number of nitrogens with zero attached hydrogens (tertiary/aromatic N) is 3. The number of aromatic nitrogens is 3. The van der Waals surface area contributed by atoms with Crippen LogP contribution in [0.3, 0.4) is 0 Å². The molecule has 0 saturated carbocycles. The van der Waals surface area contributed by atoms with E-state index in [1.54, 1.807) is 11.8 Å². The van der Waals surface area contributed by atoms with Crippen LogP contribution in [0.2, 0.25) is 0 Å². The number of nitrogens with one attached hydrogen (secondary N) is 1. The lowest BCUT2D eigenvalue weighted by Gasteiger charge is -2.23. The van der Waals surface area contributed by atoms with E-state index in [-0.39, 0.29) is 0 Å². The van der Waals surface area contributed by atoms with E-state index in [1.165, 1.54) is 11.1 Å². The highest BCUT2D eigenvalue weighted by atomic mass is 32.2. The van der Waals surface area contributed by atoms with Crippen molar-refractivity contribution in [3.05, 3.63) is 102 Å². The normalized spacial score (nSPS) is 14.2. The molecule has 1 atom stereocenters. The molecule has 1 N–H and O–H groups in total. The van der Waals surface area contributed by atoms with Gasteiger partial charge in [-0.2, -0.15) is 4.98 Å². The number of para-hydroxylation sites is 1. The van der Waals surface area contributed by atoms with Crippen LogP contribution in [-0.2, 0) is 5.75 Å². The Morgan fingerprint density at radius 2 is 1.73 bits per heavy atom. The summed E-state index contributed by atoms with van der Waals surface area (Å²) in [7, 11) is 0. The van der Waals surface area contributed by atoms with Crippen molar-refractivity contribution in [1.29, 1.82) is 0 Å². The van der Waals surface area contributed by atoms with Crippen LogP contribution in [0.1, 0.15) is 29.8 Å². The highest BCUT2D eigenvalue weighted by Gasteiger charge is 2.29. The molecule has 0 radical (unpaired) electrons. The Hall–Kier alpha value is -4.10. The summed E-state index contributed by atoms with van der Waals surface area (Å²) in [6.45, 7) is 4.62. The Balaban J connectivity index is 1.42. The average molecular weight is 507 g/mol. The number of aryl methyl sites for hydroxylation is 1. The average Bonchev–Trinajstić information content (AvgIpc) is 3.09. The fourth-order valence-corrected chi connectivity index (χ4v) is 5.23. The Morgan fingerprint density at radius 3 is 2.59 bits per heavy atom. The molecule has 1 aliphatic heterocycles. The van der Waals surface area contributed by atoms with Crippen molar-refractivity contribution in [2.45, 2.75) is 31.0 Å². The van der Waals surface area contributed by atoms with E-state index in [0.29, 0.717) is 23.3 Å². The van der Waals surface area contributed by atoms with Crippen LogP contribution in [0.5, 0.6) is 11.6 Å². The molecular weight excluding hydrogens is 480 g/mol. The first-order valence-corrected chi connectivity index (χ1v) is 13.3. The fourth-order valence-electron chi connectivity index (χ4n) is 4.50. The molecule has 0 fully saturated rings. The maximum atomic E-state index is 6.61. The minimum absolute atomic E-state index is 0.444. The monoisotopic (exact) mass is 506 g/mol. The zero-order valence-electron chi connectivity index (χ0n) is 20.6. The van der Waals surface area contributed by atoms with Crippen LogP contribution in [-0.4, -0.2) is 21.8 Å². The van der Waals surface area contributed by atoms with E-state index < -0.39 is 6.23 Å². The van der Waals surface area contributed by atoms with Gasteiger partial charge in [-0.15, -0.1) is 10.2 Å². The Bertz CT molecular complexity index is 1570. The van der Waals surface area contributed by atoms with E-state index in [4.69, 9.17) is 14.5 Å². The summed E-state index contributed by atoms with van der Waals surface area (Å²) in [4.78, 5) is 4.82. The smallest absolute Gasteiger partial charge is 0.247 e. The lowest BCUT2D eigenvalue weighted by atomic mass is 10.0. The topological polar surface area (TPSA) is 69.2 Å². The maximum absolute atomic E-state index is 6.61. The second kappa shape index (κ2) is 10.1. The molecule has 0 bridgehead atoms. The molecule has 1 aromatic heterocycles. The third-order valence-corrected chi connectivity index (χ3v) is 7.22. The van der Waals surface area contributed by atoms with E-state index in [2.05, 4.69) is 64.9 Å². The Kier molecular flexibility index (Phi) is 6.37. The molecule has 2 heterocycles. The molecular formula is C30H26N4O2S. The molecule has 0 saturated heterocycles. The molecule has 6 nitrogen and oxygen atoms in total. The van der Waals surface area contributed by atoms with Crippen LogP contribution < -0.4 is 14.8 Å². The number of thioether (sulfide) groups is 1. The summed E-state index contributed by atoms with van der Waals surface area (Å²) in [5.74, 6) is 1.96. The van der Waals surface area contributed by atoms with E-state index in [0.717, 1.165) is 39.1 Å². The molecule has 4 aromatic carbocycles. The fraction of sp³-hybridized carbons (Fsp3) is 0.167. The van der Waals surface area contributed by atoms with Gasteiger partial charge < -0.3 is 14.8 Å². The summed E-state index contributed by atoms with van der Waals surface area (Å²) in [5, 5.41) is 15.3. The highest BCUT2D eigenvalue weighted by Crippen LogP contribution is 2.43. The lowest BCUT2D eigenvalue weighted by Crippen LogP contribution is -2.19. The van der Waals surface area contributed by atoms with Gasteiger partial charge in [0.1, 0.15) is 5.75 Å². The van der Waals surface area contributed by atoms with Gasteiger partial charge >= 0.3 is 0 Å². The standard InChI is InChI=1S/C30H26N4O2S/c1-3-35-25-17-16-21-8-4-5-9-22(21)26(25)28-31-24-11-7-6-10-23(24)27-29(36-28)32-30(34-33-27)37-18-20-14-12-19(2)13-15-20/h4-17,28,31H,3,18H2,1-2H3/t28-/m1/s1. The van der Waals surface area contributed by atoms with Crippen LogP contribution >= 0.6 is 11.8 Å². The lowest BCUT2D eigenvalue weighted by molar-refractivity contribution is 0.218. The van der Waals surface area contributed by atoms with Gasteiger partial charge in [0.25, 0.3) is 0 Å². The summed E-state index contributed by atoms with van der Waals surface area (Å²) >= 11 is 1.54. The maximum Gasteiger partial charge on any atom is 0.247 e. The largest absolute Gasteiger partial charge is 0.493 e. The van der Waals surface area contributed by atoms with Crippen molar-refractivity contribution in [2.75, 3.05) is 11.9 Å². The van der Waals surface area contributed by atoms with Gasteiger partial charge in [0.2, 0.25) is 17.3 Å².